The molecule has 2 aromatic heterocycles. The van der Waals surface area contributed by atoms with E-state index >= 15 is 0 Å². The highest BCUT2D eigenvalue weighted by atomic mass is 32.1. The van der Waals surface area contributed by atoms with E-state index in [9.17, 15) is 4.79 Å². The minimum Gasteiger partial charge on any atom is -0.465 e. The van der Waals surface area contributed by atoms with E-state index in [0.29, 0.717) is 10.7 Å². The van der Waals surface area contributed by atoms with E-state index in [2.05, 4.69) is 15.7 Å². The summed E-state index contributed by atoms with van der Waals surface area (Å²) in [6, 6.07) is 0. The molecule has 0 saturated heterocycles. The first-order valence-corrected chi connectivity index (χ1v) is 9.96. The maximum Gasteiger partial charge on any atom is 0.341 e. The van der Waals surface area contributed by atoms with Crippen LogP contribution in [0.4, 0.5) is 10.7 Å². The van der Waals surface area contributed by atoms with Crippen LogP contribution in [-0.4, -0.2) is 28.0 Å². The van der Waals surface area contributed by atoms with Gasteiger partial charge in [-0.2, -0.15) is 5.10 Å². The third-order valence-electron chi connectivity index (χ3n) is 4.79. The highest BCUT2D eigenvalue weighted by Crippen LogP contribution is 2.38. The van der Waals surface area contributed by atoms with Gasteiger partial charge in [-0.1, -0.05) is 6.42 Å². The smallest absolute Gasteiger partial charge is 0.341 e. The number of carbonyl (C=O) groups excluding carboxylic acids is 1. The van der Waals surface area contributed by atoms with Crippen molar-refractivity contribution >= 4 is 45.3 Å². The molecule has 1 aliphatic rings. The van der Waals surface area contributed by atoms with Gasteiger partial charge >= 0.3 is 5.97 Å². The average molecular weight is 393 g/mol. The summed E-state index contributed by atoms with van der Waals surface area (Å²) in [5.74, 6) is -0.302. The molecule has 2 aromatic rings. The second-order valence-electron chi connectivity index (χ2n) is 6.51. The average Bonchev–Trinajstić information content (AvgIpc) is 2.93. The van der Waals surface area contributed by atoms with Gasteiger partial charge < -0.3 is 15.4 Å². The molecule has 1 aliphatic carbocycles. The third-order valence-corrected chi connectivity index (χ3v) is 6.20. The Balaban J connectivity index is 1.87. The minimum absolute atomic E-state index is 0.302. The Morgan fingerprint density at radius 3 is 2.62 bits per heavy atom. The number of thiocarbonyl (C=S) groups is 1. The number of hydrogen-bond acceptors (Lipinski definition) is 5. The zero-order valence-electron chi connectivity index (χ0n) is 15.6. The lowest BCUT2D eigenvalue weighted by Gasteiger charge is -2.11. The summed E-state index contributed by atoms with van der Waals surface area (Å²) in [6.07, 6.45) is 5.38. The van der Waals surface area contributed by atoms with Crippen molar-refractivity contribution in [3.8, 4) is 0 Å². The van der Waals surface area contributed by atoms with Crippen molar-refractivity contribution in [2.75, 3.05) is 17.7 Å². The van der Waals surface area contributed by atoms with Crippen molar-refractivity contribution < 1.29 is 9.53 Å². The zero-order valence-corrected chi connectivity index (χ0v) is 17.2. The fourth-order valence-electron chi connectivity index (χ4n) is 3.35. The van der Waals surface area contributed by atoms with Crippen LogP contribution in [-0.2, 0) is 24.6 Å². The maximum absolute atomic E-state index is 12.4. The number of esters is 1. The number of fused-ring (bicyclic) bond motifs is 1. The number of hydrogen-bond donors (Lipinski definition) is 2. The first-order valence-electron chi connectivity index (χ1n) is 8.73. The van der Waals surface area contributed by atoms with Crippen LogP contribution in [0.15, 0.2) is 0 Å². The van der Waals surface area contributed by atoms with Crippen LogP contribution < -0.4 is 10.6 Å². The molecule has 0 unspecified atom stereocenters. The van der Waals surface area contributed by atoms with E-state index in [1.54, 1.807) is 11.3 Å². The second kappa shape index (κ2) is 7.75. The Morgan fingerprint density at radius 1 is 1.23 bits per heavy atom. The Bertz CT molecular complexity index is 854. The SMILES string of the molecule is COC(=O)c1c(NC(=S)Nc2c(C)nn(C)c2C)sc2c1CCCCC2. The van der Waals surface area contributed by atoms with E-state index < -0.39 is 0 Å². The van der Waals surface area contributed by atoms with E-state index in [-0.39, 0.29) is 5.97 Å². The molecule has 0 atom stereocenters. The Labute approximate surface area is 162 Å². The molecular weight excluding hydrogens is 368 g/mol. The molecule has 0 radical (unpaired) electrons. The number of aryl methyl sites for hydroxylation is 3. The third kappa shape index (κ3) is 3.61. The fourth-order valence-corrected chi connectivity index (χ4v) is 4.90. The number of aromatic nitrogens is 2. The summed E-state index contributed by atoms with van der Waals surface area (Å²) in [5, 5.41) is 12.0. The van der Waals surface area contributed by atoms with Gasteiger partial charge in [-0.3, -0.25) is 4.68 Å². The summed E-state index contributed by atoms with van der Waals surface area (Å²) >= 11 is 7.10. The Hall–Kier alpha value is -1.93. The van der Waals surface area contributed by atoms with Gasteiger partial charge in [-0.15, -0.1) is 11.3 Å². The van der Waals surface area contributed by atoms with Gasteiger partial charge in [0, 0.05) is 11.9 Å². The first-order chi connectivity index (χ1) is 12.4. The van der Waals surface area contributed by atoms with E-state index in [0.717, 1.165) is 53.3 Å². The Kier molecular flexibility index (Phi) is 5.62. The molecule has 2 heterocycles. The molecule has 0 fully saturated rings. The second-order valence-corrected chi connectivity index (χ2v) is 8.02. The van der Waals surface area contributed by atoms with Crippen molar-refractivity contribution in [2.45, 2.75) is 46.0 Å². The van der Waals surface area contributed by atoms with Crippen LogP contribution in [0.2, 0.25) is 0 Å². The number of nitrogens with zero attached hydrogens (tertiary/aromatic N) is 2. The molecule has 26 heavy (non-hydrogen) atoms. The summed E-state index contributed by atoms with van der Waals surface area (Å²) in [4.78, 5) is 13.7. The lowest BCUT2D eigenvalue weighted by Crippen LogP contribution is -2.21. The van der Waals surface area contributed by atoms with Crippen LogP contribution in [0.25, 0.3) is 0 Å². The van der Waals surface area contributed by atoms with E-state index in [1.807, 2.05) is 25.6 Å². The first kappa shape index (κ1) is 18.8. The number of nitrogens with one attached hydrogen (secondary N) is 2. The van der Waals surface area contributed by atoms with Crippen LogP contribution in [0.1, 0.15) is 51.4 Å². The lowest BCUT2D eigenvalue weighted by molar-refractivity contribution is 0.0601. The highest BCUT2D eigenvalue weighted by molar-refractivity contribution is 7.80. The van der Waals surface area contributed by atoms with Crippen LogP contribution in [0.3, 0.4) is 0 Å². The van der Waals surface area contributed by atoms with Crippen LogP contribution >= 0.6 is 23.6 Å². The summed E-state index contributed by atoms with van der Waals surface area (Å²) in [6.45, 7) is 3.92. The van der Waals surface area contributed by atoms with Gasteiger partial charge in [-0.25, -0.2) is 4.79 Å². The van der Waals surface area contributed by atoms with Gasteiger partial charge in [-0.05, 0) is 57.3 Å². The molecule has 6 nitrogen and oxygen atoms in total. The molecule has 0 amide bonds. The van der Waals surface area contributed by atoms with Gasteiger partial charge in [0.2, 0.25) is 0 Å². The number of thiophene rings is 1. The normalized spacial score (nSPS) is 13.7. The monoisotopic (exact) mass is 392 g/mol. The van der Waals surface area contributed by atoms with Crippen molar-refractivity contribution in [3.05, 3.63) is 27.4 Å². The van der Waals surface area contributed by atoms with Crippen molar-refractivity contribution in [1.29, 1.82) is 0 Å². The molecule has 2 N–H and O–H groups in total. The molecule has 0 spiro atoms. The number of carbonyl (C=O) groups is 1. The van der Waals surface area contributed by atoms with Crippen LogP contribution in [0.5, 0.6) is 0 Å². The molecule has 8 heteroatoms. The largest absolute Gasteiger partial charge is 0.465 e. The molecule has 0 aromatic carbocycles. The fraction of sp³-hybridized carbons (Fsp3) is 0.500. The molecule has 0 saturated carbocycles. The molecule has 3 rings (SSSR count). The maximum atomic E-state index is 12.4. The number of rotatable bonds is 3. The molecule has 0 aliphatic heterocycles. The van der Waals surface area contributed by atoms with Gasteiger partial charge in [0.15, 0.2) is 5.11 Å². The topological polar surface area (TPSA) is 68.2 Å². The molecular formula is C18H24N4O2S2. The predicted octanol–water partition coefficient (Wildman–Crippen LogP) is 3.96. The minimum atomic E-state index is -0.302. The van der Waals surface area contributed by atoms with Crippen LogP contribution in [0, 0.1) is 13.8 Å². The summed E-state index contributed by atoms with van der Waals surface area (Å²) in [5.41, 5.74) is 4.53. The quantitative estimate of drug-likeness (QED) is 0.468. The molecule has 140 valence electrons. The van der Waals surface area contributed by atoms with Gasteiger partial charge in [0.05, 0.1) is 29.7 Å². The standard InChI is InChI=1S/C18H24N4O2S2/c1-10-15(11(2)22(3)21-10)19-18(25)20-16-14(17(23)24-4)12-8-6-5-7-9-13(12)26-16/h5-9H2,1-4H3,(H2,19,20,25). The number of ether oxygens (including phenoxy) is 1. The highest BCUT2D eigenvalue weighted by Gasteiger charge is 2.26. The number of methoxy groups -OCH3 is 1. The van der Waals surface area contributed by atoms with E-state index in [1.165, 1.54) is 18.4 Å². The van der Waals surface area contributed by atoms with Gasteiger partial charge in [0.1, 0.15) is 5.00 Å². The van der Waals surface area contributed by atoms with E-state index in [4.69, 9.17) is 17.0 Å². The van der Waals surface area contributed by atoms with Crippen molar-refractivity contribution in [1.82, 2.24) is 9.78 Å². The zero-order chi connectivity index (χ0) is 18.8. The van der Waals surface area contributed by atoms with Crippen molar-refractivity contribution in [2.24, 2.45) is 7.05 Å². The summed E-state index contributed by atoms with van der Waals surface area (Å²) < 4.78 is 6.85. The number of anilines is 2. The van der Waals surface area contributed by atoms with Gasteiger partial charge in [0.25, 0.3) is 0 Å². The van der Waals surface area contributed by atoms with Crippen molar-refractivity contribution in [3.63, 3.8) is 0 Å². The molecule has 0 bridgehead atoms. The predicted molar refractivity (Wildman–Crippen MR) is 109 cm³/mol. The lowest BCUT2D eigenvalue weighted by atomic mass is 10.1. The Morgan fingerprint density at radius 2 is 1.96 bits per heavy atom. The summed E-state index contributed by atoms with van der Waals surface area (Å²) in [7, 11) is 3.32.